The van der Waals surface area contributed by atoms with E-state index in [0.717, 1.165) is 5.47 Å². The highest BCUT2D eigenvalue weighted by Gasteiger charge is 2.52. The number of benzene rings is 1. The molecular formula is C18H28BNO2. The number of hydrogen-bond acceptors (Lipinski definition) is 3. The van der Waals surface area contributed by atoms with Crippen molar-refractivity contribution in [3.8, 4) is 0 Å². The Labute approximate surface area is 135 Å². The summed E-state index contributed by atoms with van der Waals surface area (Å²) >= 11 is 0. The van der Waals surface area contributed by atoms with Gasteiger partial charge in [0.15, 0.2) is 0 Å². The fraction of sp³-hybridized carbons (Fsp3) is 0.556. The van der Waals surface area contributed by atoms with Gasteiger partial charge in [-0.1, -0.05) is 44.2 Å². The maximum absolute atomic E-state index is 6.12. The average Bonchev–Trinajstić information content (AvgIpc) is 2.64. The Morgan fingerprint density at radius 1 is 1.14 bits per heavy atom. The summed E-state index contributed by atoms with van der Waals surface area (Å²) in [5.74, 6) is 0.463. The Morgan fingerprint density at radius 2 is 1.68 bits per heavy atom. The molecule has 2 N–H and O–H groups in total. The van der Waals surface area contributed by atoms with Crippen molar-refractivity contribution >= 4 is 13.2 Å². The summed E-state index contributed by atoms with van der Waals surface area (Å²) in [4.78, 5) is 0. The van der Waals surface area contributed by atoms with Gasteiger partial charge in [-0.15, -0.1) is 0 Å². The lowest BCUT2D eigenvalue weighted by molar-refractivity contribution is 0.00578. The van der Waals surface area contributed by atoms with Crippen molar-refractivity contribution in [2.45, 2.75) is 58.7 Å². The molecule has 1 saturated heterocycles. The second-order valence-corrected chi connectivity index (χ2v) is 7.30. The van der Waals surface area contributed by atoms with Crippen LogP contribution >= 0.6 is 0 Å². The molecule has 0 radical (unpaired) electrons. The van der Waals surface area contributed by atoms with Crippen LogP contribution in [0.2, 0.25) is 0 Å². The number of hydrogen-bond donors (Lipinski definition) is 1. The molecule has 0 unspecified atom stereocenters. The Morgan fingerprint density at radius 3 is 2.18 bits per heavy atom. The minimum absolute atomic E-state index is 0.344. The molecule has 2 rings (SSSR count). The van der Waals surface area contributed by atoms with Crippen molar-refractivity contribution in [2.24, 2.45) is 5.73 Å². The first kappa shape index (κ1) is 17.3. The molecule has 22 heavy (non-hydrogen) atoms. The van der Waals surface area contributed by atoms with E-state index in [-0.39, 0.29) is 18.3 Å². The molecule has 0 aromatic heterocycles. The molecule has 1 aliphatic rings. The normalized spacial score (nSPS) is 20.7. The SMILES string of the molecule is CC(C)c1ccccc1C=C(CN)B1OC(C)(C)C(C)(C)O1. The van der Waals surface area contributed by atoms with E-state index in [1.165, 1.54) is 11.1 Å². The monoisotopic (exact) mass is 301 g/mol. The van der Waals surface area contributed by atoms with Crippen molar-refractivity contribution in [3.63, 3.8) is 0 Å². The highest BCUT2D eigenvalue weighted by atomic mass is 16.7. The summed E-state index contributed by atoms with van der Waals surface area (Å²) in [6.07, 6.45) is 2.12. The highest BCUT2D eigenvalue weighted by Crippen LogP contribution is 2.38. The zero-order valence-corrected chi connectivity index (χ0v) is 14.6. The Kier molecular flexibility index (Phi) is 4.86. The van der Waals surface area contributed by atoms with Gasteiger partial charge in [0.1, 0.15) is 0 Å². The topological polar surface area (TPSA) is 44.5 Å². The van der Waals surface area contributed by atoms with Gasteiger partial charge in [-0.05, 0) is 50.2 Å². The second-order valence-electron chi connectivity index (χ2n) is 7.30. The van der Waals surface area contributed by atoms with Crippen molar-refractivity contribution < 1.29 is 9.31 Å². The van der Waals surface area contributed by atoms with Crippen molar-refractivity contribution in [1.82, 2.24) is 0 Å². The van der Waals surface area contributed by atoms with E-state index in [4.69, 9.17) is 15.0 Å². The van der Waals surface area contributed by atoms with Gasteiger partial charge < -0.3 is 15.0 Å². The first-order chi connectivity index (χ1) is 10.2. The third-order valence-corrected chi connectivity index (χ3v) is 4.75. The van der Waals surface area contributed by atoms with Crippen LogP contribution in [0.25, 0.3) is 6.08 Å². The first-order valence-electron chi connectivity index (χ1n) is 8.03. The largest absolute Gasteiger partial charge is 0.491 e. The first-order valence-corrected chi connectivity index (χ1v) is 8.03. The van der Waals surface area contributed by atoms with Crippen LogP contribution in [0.5, 0.6) is 0 Å². The summed E-state index contributed by atoms with van der Waals surface area (Å²) in [5, 5.41) is 0. The van der Waals surface area contributed by atoms with Gasteiger partial charge in [0.05, 0.1) is 11.2 Å². The minimum atomic E-state index is -0.379. The molecular weight excluding hydrogens is 273 g/mol. The van der Waals surface area contributed by atoms with Crippen LogP contribution in [-0.2, 0) is 9.31 Å². The minimum Gasteiger partial charge on any atom is -0.400 e. The van der Waals surface area contributed by atoms with Crippen LogP contribution in [0.3, 0.4) is 0 Å². The molecule has 120 valence electrons. The smallest absolute Gasteiger partial charge is 0.400 e. The van der Waals surface area contributed by atoms with Crippen molar-refractivity contribution in [2.75, 3.05) is 6.54 Å². The van der Waals surface area contributed by atoms with E-state index in [2.05, 4.69) is 71.9 Å². The van der Waals surface area contributed by atoms with Gasteiger partial charge in [-0.3, -0.25) is 0 Å². The van der Waals surface area contributed by atoms with E-state index in [9.17, 15) is 0 Å². The molecule has 4 heteroatoms. The van der Waals surface area contributed by atoms with E-state index < -0.39 is 0 Å². The van der Waals surface area contributed by atoms with Crippen LogP contribution in [-0.4, -0.2) is 24.9 Å². The summed E-state index contributed by atoms with van der Waals surface area (Å²) in [6, 6.07) is 8.41. The van der Waals surface area contributed by atoms with Crippen molar-refractivity contribution in [1.29, 1.82) is 0 Å². The third-order valence-electron chi connectivity index (χ3n) is 4.75. The fourth-order valence-electron chi connectivity index (χ4n) is 2.59. The molecule has 0 aliphatic carbocycles. The molecule has 0 amide bonds. The highest BCUT2D eigenvalue weighted by molar-refractivity contribution is 6.55. The van der Waals surface area contributed by atoms with Crippen LogP contribution in [0, 0.1) is 0 Å². The number of nitrogens with two attached hydrogens (primary N) is 1. The van der Waals surface area contributed by atoms with E-state index in [1.807, 2.05) is 0 Å². The Hall–Kier alpha value is -1.10. The van der Waals surface area contributed by atoms with Gasteiger partial charge in [0.2, 0.25) is 0 Å². The molecule has 1 aliphatic heterocycles. The average molecular weight is 301 g/mol. The molecule has 0 spiro atoms. The molecule has 1 heterocycles. The van der Waals surface area contributed by atoms with E-state index in [1.54, 1.807) is 0 Å². The summed E-state index contributed by atoms with van der Waals surface area (Å²) in [7, 11) is -0.379. The molecule has 3 nitrogen and oxygen atoms in total. The summed E-state index contributed by atoms with van der Waals surface area (Å²) in [6.45, 7) is 13.1. The fourth-order valence-corrected chi connectivity index (χ4v) is 2.59. The molecule has 0 atom stereocenters. The Bertz CT molecular complexity index is 548. The lowest BCUT2D eigenvalue weighted by Crippen LogP contribution is -2.41. The predicted octanol–water partition coefficient (Wildman–Crippen LogP) is 3.78. The zero-order valence-electron chi connectivity index (χ0n) is 14.6. The standard InChI is InChI=1S/C18H28BNO2/c1-13(2)16-10-8-7-9-14(16)11-15(12-20)19-21-17(3,4)18(5,6)22-19/h7-11,13H,12,20H2,1-6H3. The molecule has 0 saturated carbocycles. The quantitative estimate of drug-likeness (QED) is 0.861. The molecule has 0 bridgehead atoms. The van der Waals surface area contributed by atoms with Gasteiger partial charge >= 0.3 is 7.12 Å². The predicted molar refractivity (Wildman–Crippen MR) is 93.6 cm³/mol. The van der Waals surface area contributed by atoms with Crippen LogP contribution in [0.1, 0.15) is 58.6 Å². The van der Waals surface area contributed by atoms with Crippen LogP contribution in [0.15, 0.2) is 29.7 Å². The van der Waals surface area contributed by atoms with Crippen LogP contribution < -0.4 is 5.73 Å². The molecule has 1 aromatic carbocycles. The van der Waals surface area contributed by atoms with E-state index in [0.29, 0.717) is 12.5 Å². The Balaban J connectivity index is 2.34. The van der Waals surface area contributed by atoms with Gasteiger partial charge in [-0.25, -0.2) is 0 Å². The molecule has 1 fully saturated rings. The van der Waals surface area contributed by atoms with Gasteiger partial charge in [-0.2, -0.15) is 0 Å². The zero-order chi connectivity index (χ0) is 16.5. The number of rotatable bonds is 4. The van der Waals surface area contributed by atoms with Gasteiger partial charge in [0, 0.05) is 6.54 Å². The molecule has 1 aromatic rings. The second kappa shape index (κ2) is 6.19. The lowest BCUT2D eigenvalue weighted by Gasteiger charge is -2.32. The van der Waals surface area contributed by atoms with E-state index >= 15 is 0 Å². The third kappa shape index (κ3) is 3.29. The van der Waals surface area contributed by atoms with Gasteiger partial charge in [0.25, 0.3) is 0 Å². The lowest BCUT2D eigenvalue weighted by atomic mass is 9.76. The van der Waals surface area contributed by atoms with Crippen molar-refractivity contribution in [3.05, 3.63) is 40.9 Å². The van der Waals surface area contributed by atoms with Crippen LogP contribution in [0.4, 0.5) is 0 Å². The maximum Gasteiger partial charge on any atom is 0.491 e. The summed E-state index contributed by atoms with van der Waals surface area (Å²) < 4.78 is 12.2. The maximum atomic E-state index is 6.12. The summed E-state index contributed by atoms with van der Waals surface area (Å²) in [5.41, 5.74) is 8.76.